The van der Waals surface area contributed by atoms with E-state index in [0.29, 0.717) is 12.5 Å². The van der Waals surface area contributed by atoms with Crippen molar-refractivity contribution in [2.45, 2.75) is 18.9 Å². The number of hydrogen-bond acceptors (Lipinski definition) is 5. The summed E-state index contributed by atoms with van der Waals surface area (Å²) in [5.74, 6) is 0.0445. The summed E-state index contributed by atoms with van der Waals surface area (Å²) in [5, 5.41) is 13.1. The van der Waals surface area contributed by atoms with Gasteiger partial charge in [0.15, 0.2) is 5.60 Å². The van der Waals surface area contributed by atoms with Gasteiger partial charge >= 0.3 is 5.97 Å². The number of esters is 1. The lowest BCUT2D eigenvalue weighted by atomic mass is 10.1. The van der Waals surface area contributed by atoms with Crippen LogP contribution in [-0.2, 0) is 9.53 Å². The van der Waals surface area contributed by atoms with Gasteiger partial charge in [-0.1, -0.05) is 0 Å². The van der Waals surface area contributed by atoms with Crippen molar-refractivity contribution in [3.05, 3.63) is 0 Å². The first-order chi connectivity index (χ1) is 7.49. The lowest BCUT2D eigenvalue weighted by Crippen LogP contribution is -2.46. The van der Waals surface area contributed by atoms with Gasteiger partial charge in [-0.3, -0.25) is 4.90 Å². The standard InChI is InChI=1S/C11H22N2O3/c1-11(15,10(14)16-3)8-13-5-4-9(7-13)6-12-2/h9,12,15H,4-8H2,1-3H3. The van der Waals surface area contributed by atoms with Gasteiger partial charge in [-0.2, -0.15) is 0 Å². The van der Waals surface area contributed by atoms with E-state index in [0.717, 1.165) is 26.1 Å². The van der Waals surface area contributed by atoms with Crippen LogP contribution >= 0.6 is 0 Å². The van der Waals surface area contributed by atoms with E-state index in [1.54, 1.807) is 0 Å². The molecule has 5 heteroatoms. The zero-order valence-corrected chi connectivity index (χ0v) is 10.3. The molecule has 0 radical (unpaired) electrons. The van der Waals surface area contributed by atoms with E-state index < -0.39 is 11.6 Å². The number of hydrogen-bond donors (Lipinski definition) is 2. The number of rotatable bonds is 5. The second kappa shape index (κ2) is 5.61. The molecule has 0 aromatic heterocycles. The maximum atomic E-state index is 11.3. The Kier molecular flexibility index (Phi) is 4.70. The van der Waals surface area contributed by atoms with Gasteiger partial charge in [0.1, 0.15) is 0 Å². The van der Waals surface area contributed by atoms with Gasteiger partial charge < -0.3 is 15.2 Å². The molecular formula is C11H22N2O3. The van der Waals surface area contributed by atoms with E-state index in [1.807, 2.05) is 7.05 Å². The SMILES string of the molecule is CNCC1CCN(CC(C)(O)C(=O)OC)C1. The van der Waals surface area contributed by atoms with Crippen LogP contribution in [-0.4, -0.2) is 61.9 Å². The van der Waals surface area contributed by atoms with Gasteiger partial charge in [0.05, 0.1) is 7.11 Å². The average Bonchev–Trinajstić information content (AvgIpc) is 2.64. The fourth-order valence-electron chi connectivity index (χ4n) is 2.23. The zero-order valence-electron chi connectivity index (χ0n) is 10.3. The third kappa shape index (κ3) is 3.43. The Morgan fingerprint density at radius 2 is 2.38 bits per heavy atom. The number of nitrogens with zero attached hydrogens (tertiary/aromatic N) is 1. The van der Waals surface area contributed by atoms with Crippen LogP contribution in [0.3, 0.4) is 0 Å². The number of carbonyl (C=O) groups excluding carboxylic acids is 1. The summed E-state index contributed by atoms with van der Waals surface area (Å²) in [6.07, 6.45) is 1.11. The molecular weight excluding hydrogens is 208 g/mol. The fraction of sp³-hybridized carbons (Fsp3) is 0.909. The minimum atomic E-state index is -1.40. The van der Waals surface area contributed by atoms with Gasteiger partial charge in [0.25, 0.3) is 0 Å². The molecule has 0 saturated carbocycles. The highest BCUT2D eigenvalue weighted by Gasteiger charge is 2.35. The van der Waals surface area contributed by atoms with E-state index in [-0.39, 0.29) is 0 Å². The maximum Gasteiger partial charge on any atom is 0.338 e. The molecule has 1 fully saturated rings. The first-order valence-electron chi connectivity index (χ1n) is 5.67. The molecule has 1 aliphatic rings. The van der Waals surface area contributed by atoms with Crippen molar-refractivity contribution in [3.63, 3.8) is 0 Å². The molecule has 2 atom stereocenters. The van der Waals surface area contributed by atoms with Crippen LogP contribution in [0, 0.1) is 5.92 Å². The molecule has 1 rings (SSSR count). The third-order valence-electron chi connectivity index (χ3n) is 3.02. The summed E-state index contributed by atoms with van der Waals surface area (Å²) in [4.78, 5) is 13.4. The number of methoxy groups -OCH3 is 1. The Bertz CT molecular complexity index is 243. The lowest BCUT2D eigenvalue weighted by molar-refractivity contribution is -0.162. The average molecular weight is 230 g/mol. The van der Waals surface area contributed by atoms with Crippen molar-refractivity contribution in [1.82, 2.24) is 10.2 Å². The summed E-state index contributed by atoms with van der Waals surface area (Å²) in [7, 11) is 3.23. The van der Waals surface area contributed by atoms with Crippen LogP contribution in [0.25, 0.3) is 0 Å². The number of ether oxygens (including phenoxy) is 1. The molecule has 16 heavy (non-hydrogen) atoms. The molecule has 0 bridgehead atoms. The van der Waals surface area contributed by atoms with E-state index in [1.165, 1.54) is 14.0 Å². The topological polar surface area (TPSA) is 61.8 Å². The Morgan fingerprint density at radius 3 is 2.94 bits per heavy atom. The normalized spacial score (nSPS) is 25.4. The maximum absolute atomic E-state index is 11.3. The second-order valence-corrected chi connectivity index (χ2v) is 4.71. The number of nitrogens with one attached hydrogen (secondary N) is 1. The number of likely N-dealkylation sites (tertiary alicyclic amines) is 1. The Morgan fingerprint density at radius 1 is 1.69 bits per heavy atom. The van der Waals surface area contributed by atoms with Crippen LogP contribution in [0.15, 0.2) is 0 Å². The summed E-state index contributed by atoms with van der Waals surface area (Å²) in [5.41, 5.74) is -1.40. The Labute approximate surface area is 96.8 Å². The molecule has 5 nitrogen and oxygen atoms in total. The lowest BCUT2D eigenvalue weighted by Gasteiger charge is -2.26. The molecule has 0 aliphatic carbocycles. The van der Waals surface area contributed by atoms with Gasteiger partial charge in [-0.15, -0.1) is 0 Å². The highest BCUT2D eigenvalue weighted by atomic mass is 16.5. The molecule has 0 aromatic rings. The highest BCUT2D eigenvalue weighted by Crippen LogP contribution is 2.18. The first-order valence-corrected chi connectivity index (χ1v) is 5.67. The van der Waals surface area contributed by atoms with E-state index in [9.17, 15) is 9.90 Å². The molecule has 1 saturated heterocycles. The smallest absolute Gasteiger partial charge is 0.338 e. The van der Waals surface area contributed by atoms with Crippen molar-refractivity contribution in [3.8, 4) is 0 Å². The van der Waals surface area contributed by atoms with E-state index in [2.05, 4.69) is 15.0 Å². The molecule has 0 aromatic carbocycles. The predicted molar refractivity (Wildman–Crippen MR) is 61.1 cm³/mol. The third-order valence-corrected chi connectivity index (χ3v) is 3.02. The molecule has 1 heterocycles. The Hall–Kier alpha value is -0.650. The van der Waals surface area contributed by atoms with E-state index in [4.69, 9.17) is 0 Å². The number of β-amino-alcohol motifs (C(OH)–C–C–N with tert-alkyl or cyclic N) is 1. The molecule has 2 unspecified atom stereocenters. The van der Waals surface area contributed by atoms with Crippen LogP contribution in [0.5, 0.6) is 0 Å². The quantitative estimate of drug-likeness (QED) is 0.621. The number of aliphatic hydroxyl groups is 1. The van der Waals surface area contributed by atoms with Crippen LogP contribution in [0.1, 0.15) is 13.3 Å². The monoisotopic (exact) mass is 230 g/mol. The largest absolute Gasteiger partial charge is 0.467 e. The van der Waals surface area contributed by atoms with Crippen LogP contribution < -0.4 is 5.32 Å². The van der Waals surface area contributed by atoms with E-state index >= 15 is 0 Å². The summed E-state index contributed by atoms with van der Waals surface area (Å²) >= 11 is 0. The summed E-state index contributed by atoms with van der Waals surface area (Å²) in [6.45, 7) is 4.69. The first kappa shape index (κ1) is 13.4. The Balaban J connectivity index is 2.41. The van der Waals surface area contributed by atoms with Crippen molar-refractivity contribution >= 4 is 5.97 Å². The van der Waals surface area contributed by atoms with Crippen molar-refractivity contribution in [2.24, 2.45) is 5.92 Å². The summed E-state index contributed by atoms with van der Waals surface area (Å²) in [6, 6.07) is 0. The second-order valence-electron chi connectivity index (χ2n) is 4.71. The van der Waals surface area contributed by atoms with Crippen LogP contribution in [0.4, 0.5) is 0 Å². The molecule has 2 N–H and O–H groups in total. The molecule has 94 valence electrons. The van der Waals surface area contributed by atoms with Crippen molar-refractivity contribution < 1.29 is 14.6 Å². The highest BCUT2D eigenvalue weighted by molar-refractivity contribution is 5.78. The predicted octanol–water partition coefficient (Wildman–Crippen LogP) is -0.548. The van der Waals surface area contributed by atoms with Crippen molar-refractivity contribution in [2.75, 3.05) is 40.3 Å². The minimum Gasteiger partial charge on any atom is -0.467 e. The van der Waals surface area contributed by atoms with Gasteiger partial charge in [0, 0.05) is 13.1 Å². The van der Waals surface area contributed by atoms with Gasteiger partial charge in [-0.05, 0) is 39.4 Å². The number of carbonyl (C=O) groups is 1. The van der Waals surface area contributed by atoms with Crippen LogP contribution in [0.2, 0.25) is 0 Å². The van der Waals surface area contributed by atoms with Crippen molar-refractivity contribution in [1.29, 1.82) is 0 Å². The minimum absolute atomic E-state index is 0.347. The van der Waals surface area contributed by atoms with Gasteiger partial charge in [-0.25, -0.2) is 4.79 Å². The summed E-state index contributed by atoms with van der Waals surface area (Å²) < 4.78 is 4.57. The zero-order chi connectivity index (χ0) is 12.2. The molecule has 0 amide bonds. The molecule has 0 spiro atoms. The molecule has 1 aliphatic heterocycles. The van der Waals surface area contributed by atoms with Gasteiger partial charge in [0.2, 0.25) is 0 Å². The fourth-order valence-corrected chi connectivity index (χ4v) is 2.23.